The summed E-state index contributed by atoms with van der Waals surface area (Å²) < 4.78 is 24.4. The van der Waals surface area contributed by atoms with Crippen LogP contribution < -0.4 is 14.8 Å². The van der Waals surface area contributed by atoms with Gasteiger partial charge in [-0.05, 0) is 37.6 Å². The number of nitrogens with one attached hydrogen (secondary N) is 1. The zero-order valence-electron chi connectivity index (χ0n) is 12.7. The fourth-order valence-electron chi connectivity index (χ4n) is 2.23. The Morgan fingerprint density at radius 2 is 1.81 bits per heavy atom. The van der Waals surface area contributed by atoms with Crippen molar-refractivity contribution in [3.05, 3.63) is 53.3 Å². The molecule has 2 aromatic carbocycles. The van der Waals surface area contributed by atoms with E-state index >= 15 is 0 Å². The van der Waals surface area contributed by atoms with Gasteiger partial charge in [-0.3, -0.25) is 0 Å². The molecule has 21 heavy (non-hydrogen) atoms. The van der Waals surface area contributed by atoms with E-state index in [2.05, 4.69) is 5.32 Å². The molecule has 0 aliphatic rings. The molecule has 1 atom stereocenters. The van der Waals surface area contributed by atoms with Gasteiger partial charge in [0.25, 0.3) is 0 Å². The Balaban J connectivity index is 2.27. The Kier molecular flexibility index (Phi) is 4.68. The van der Waals surface area contributed by atoms with Gasteiger partial charge in [0.15, 0.2) is 0 Å². The SMILES string of the molecule is COc1ccc(F)c(NC(C)c2ccc(C)cc2OC)c1. The van der Waals surface area contributed by atoms with E-state index < -0.39 is 0 Å². The minimum Gasteiger partial charge on any atom is -0.497 e. The fourth-order valence-corrected chi connectivity index (χ4v) is 2.23. The first-order chi connectivity index (χ1) is 10.0. The largest absolute Gasteiger partial charge is 0.497 e. The third kappa shape index (κ3) is 3.45. The maximum atomic E-state index is 13.9. The molecule has 0 saturated carbocycles. The van der Waals surface area contributed by atoms with Crippen LogP contribution >= 0.6 is 0 Å². The summed E-state index contributed by atoms with van der Waals surface area (Å²) >= 11 is 0. The molecule has 112 valence electrons. The van der Waals surface area contributed by atoms with E-state index in [9.17, 15) is 4.39 Å². The van der Waals surface area contributed by atoms with Crippen molar-refractivity contribution >= 4 is 5.69 Å². The summed E-state index contributed by atoms with van der Waals surface area (Å²) in [7, 11) is 3.20. The number of ether oxygens (including phenoxy) is 2. The lowest BCUT2D eigenvalue weighted by atomic mass is 10.0. The van der Waals surface area contributed by atoms with Crippen LogP contribution in [-0.2, 0) is 0 Å². The molecule has 0 aromatic heterocycles. The first-order valence-corrected chi connectivity index (χ1v) is 6.79. The predicted octanol–water partition coefficient (Wildman–Crippen LogP) is 4.32. The summed E-state index contributed by atoms with van der Waals surface area (Å²) in [4.78, 5) is 0. The summed E-state index contributed by atoms with van der Waals surface area (Å²) in [6.45, 7) is 3.97. The molecule has 0 aliphatic carbocycles. The van der Waals surface area contributed by atoms with Gasteiger partial charge in [0.05, 0.1) is 25.9 Å². The monoisotopic (exact) mass is 289 g/mol. The van der Waals surface area contributed by atoms with Gasteiger partial charge in [-0.1, -0.05) is 12.1 Å². The highest BCUT2D eigenvalue weighted by molar-refractivity contribution is 5.52. The molecule has 0 saturated heterocycles. The minimum absolute atomic E-state index is 0.0952. The first-order valence-electron chi connectivity index (χ1n) is 6.79. The number of rotatable bonds is 5. The second kappa shape index (κ2) is 6.48. The summed E-state index contributed by atoms with van der Waals surface area (Å²) in [6.07, 6.45) is 0. The topological polar surface area (TPSA) is 30.5 Å². The van der Waals surface area contributed by atoms with Gasteiger partial charge < -0.3 is 14.8 Å². The van der Waals surface area contributed by atoms with Crippen LogP contribution in [0.4, 0.5) is 10.1 Å². The lowest BCUT2D eigenvalue weighted by Crippen LogP contribution is -2.09. The number of hydrogen-bond acceptors (Lipinski definition) is 3. The Labute approximate surface area is 124 Å². The van der Waals surface area contributed by atoms with Crippen LogP contribution in [0.2, 0.25) is 0 Å². The highest BCUT2D eigenvalue weighted by atomic mass is 19.1. The van der Waals surface area contributed by atoms with Gasteiger partial charge in [-0.15, -0.1) is 0 Å². The zero-order valence-corrected chi connectivity index (χ0v) is 12.7. The van der Waals surface area contributed by atoms with E-state index in [-0.39, 0.29) is 11.9 Å². The Bertz CT molecular complexity index is 628. The van der Waals surface area contributed by atoms with Gasteiger partial charge in [-0.25, -0.2) is 4.39 Å². The van der Waals surface area contributed by atoms with Crippen LogP contribution in [-0.4, -0.2) is 14.2 Å². The van der Waals surface area contributed by atoms with Crippen LogP contribution in [0.25, 0.3) is 0 Å². The molecule has 1 unspecified atom stereocenters. The second-order valence-electron chi connectivity index (χ2n) is 4.96. The molecule has 0 aliphatic heterocycles. The highest BCUT2D eigenvalue weighted by Gasteiger charge is 2.14. The standard InChI is InChI=1S/C17H20FNO2/c1-11-5-7-14(17(9-11)21-4)12(2)19-16-10-13(20-3)6-8-15(16)18/h5-10,12,19H,1-4H3. The molecule has 3 nitrogen and oxygen atoms in total. The smallest absolute Gasteiger partial charge is 0.146 e. The normalized spacial score (nSPS) is 11.9. The summed E-state index contributed by atoms with van der Waals surface area (Å²) in [6, 6.07) is 10.5. The Hall–Kier alpha value is -2.23. The van der Waals surface area contributed by atoms with Crippen molar-refractivity contribution in [1.82, 2.24) is 0 Å². The molecule has 0 radical (unpaired) electrons. The molecular weight excluding hydrogens is 269 g/mol. The Morgan fingerprint density at radius 3 is 2.48 bits per heavy atom. The lowest BCUT2D eigenvalue weighted by Gasteiger charge is -2.19. The average molecular weight is 289 g/mol. The number of methoxy groups -OCH3 is 2. The molecule has 0 heterocycles. The van der Waals surface area contributed by atoms with Gasteiger partial charge in [0, 0.05) is 11.6 Å². The van der Waals surface area contributed by atoms with E-state index in [0.717, 1.165) is 16.9 Å². The molecule has 2 rings (SSSR count). The maximum Gasteiger partial charge on any atom is 0.146 e. The van der Waals surface area contributed by atoms with Gasteiger partial charge in [0.2, 0.25) is 0 Å². The van der Waals surface area contributed by atoms with Crippen LogP contribution in [0, 0.1) is 12.7 Å². The lowest BCUT2D eigenvalue weighted by molar-refractivity contribution is 0.407. The number of hydrogen-bond donors (Lipinski definition) is 1. The van der Waals surface area contributed by atoms with Crippen molar-refractivity contribution < 1.29 is 13.9 Å². The van der Waals surface area contributed by atoms with Crippen molar-refractivity contribution in [2.24, 2.45) is 0 Å². The highest BCUT2D eigenvalue weighted by Crippen LogP contribution is 2.30. The molecule has 0 amide bonds. The Morgan fingerprint density at radius 1 is 1.05 bits per heavy atom. The first kappa shape index (κ1) is 15.2. The van der Waals surface area contributed by atoms with Crippen LogP contribution in [0.5, 0.6) is 11.5 Å². The number of halogens is 1. The van der Waals surface area contributed by atoms with Crippen molar-refractivity contribution in [2.75, 3.05) is 19.5 Å². The van der Waals surface area contributed by atoms with Crippen LogP contribution in [0.1, 0.15) is 24.1 Å². The summed E-state index contributed by atoms with van der Waals surface area (Å²) in [5, 5.41) is 3.16. The van der Waals surface area contributed by atoms with Crippen molar-refractivity contribution in [2.45, 2.75) is 19.9 Å². The van der Waals surface area contributed by atoms with E-state index in [0.29, 0.717) is 11.4 Å². The van der Waals surface area contributed by atoms with Crippen molar-refractivity contribution in [3.63, 3.8) is 0 Å². The second-order valence-corrected chi connectivity index (χ2v) is 4.96. The van der Waals surface area contributed by atoms with Crippen LogP contribution in [0.15, 0.2) is 36.4 Å². The molecule has 0 fully saturated rings. The van der Waals surface area contributed by atoms with E-state index in [1.807, 2.05) is 32.0 Å². The van der Waals surface area contributed by atoms with Gasteiger partial charge >= 0.3 is 0 Å². The van der Waals surface area contributed by atoms with Gasteiger partial charge in [0.1, 0.15) is 17.3 Å². The number of benzene rings is 2. The third-order valence-electron chi connectivity index (χ3n) is 3.40. The average Bonchev–Trinajstić information content (AvgIpc) is 2.49. The predicted molar refractivity (Wildman–Crippen MR) is 82.7 cm³/mol. The zero-order chi connectivity index (χ0) is 15.4. The summed E-state index contributed by atoms with van der Waals surface area (Å²) in [5.41, 5.74) is 2.50. The molecule has 4 heteroatoms. The number of aryl methyl sites for hydroxylation is 1. The van der Waals surface area contributed by atoms with Crippen LogP contribution in [0.3, 0.4) is 0 Å². The fraction of sp³-hybridized carbons (Fsp3) is 0.294. The van der Waals surface area contributed by atoms with E-state index in [4.69, 9.17) is 9.47 Å². The quantitative estimate of drug-likeness (QED) is 0.889. The van der Waals surface area contributed by atoms with Crippen molar-refractivity contribution in [1.29, 1.82) is 0 Å². The maximum absolute atomic E-state index is 13.9. The third-order valence-corrected chi connectivity index (χ3v) is 3.40. The number of anilines is 1. The van der Waals surface area contributed by atoms with Gasteiger partial charge in [-0.2, -0.15) is 0 Å². The van der Waals surface area contributed by atoms with E-state index in [1.54, 1.807) is 26.4 Å². The molecule has 2 aromatic rings. The molecule has 0 bridgehead atoms. The van der Waals surface area contributed by atoms with E-state index in [1.165, 1.54) is 6.07 Å². The van der Waals surface area contributed by atoms with Crippen molar-refractivity contribution in [3.8, 4) is 11.5 Å². The minimum atomic E-state index is -0.311. The molecular formula is C17H20FNO2. The molecule has 0 spiro atoms. The molecule has 1 N–H and O–H groups in total. The summed E-state index contributed by atoms with van der Waals surface area (Å²) in [5.74, 6) is 1.09.